The van der Waals surface area contributed by atoms with Crippen LogP contribution in [0.15, 0.2) is 41.4 Å². The van der Waals surface area contributed by atoms with Crippen molar-refractivity contribution < 1.29 is 19.1 Å². The molecular weight excluding hydrogens is 376 g/mol. The van der Waals surface area contributed by atoms with Crippen molar-refractivity contribution in [3.8, 4) is 0 Å². The average Bonchev–Trinajstić information content (AvgIpc) is 2.54. The molecule has 2 amide bonds. The molecule has 154 valence electrons. The van der Waals surface area contributed by atoms with Crippen LogP contribution in [-0.4, -0.2) is 46.3 Å². The SMILES string of the molecule is CS/C(=N/C(=O)OC(C)(C)C)N(C/C=C/c1ccccc1)C(=O)OC(C)(C)C. The van der Waals surface area contributed by atoms with Crippen molar-refractivity contribution in [2.75, 3.05) is 12.8 Å². The fourth-order valence-corrected chi connectivity index (χ4v) is 2.52. The summed E-state index contributed by atoms with van der Waals surface area (Å²) in [5, 5.41) is 0.209. The summed E-state index contributed by atoms with van der Waals surface area (Å²) in [6.07, 6.45) is 4.11. The Labute approximate surface area is 172 Å². The van der Waals surface area contributed by atoms with Gasteiger partial charge in [0.1, 0.15) is 11.2 Å². The highest BCUT2D eigenvalue weighted by Crippen LogP contribution is 2.16. The van der Waals surface area contributed by atoms with Gasteiger partial charge in [-0.25, -0.2) is 9.59 Å². The second-order valence-corrected chi connectivity index (χ2v) is 8.76. The van der Waals surface area contributed by atoms with Gasteiger partial charge >= 0.3 is 12.2 Å². The molecule has 0 heterocycles. The van der Waals surface area contributed by atoms with Crippen molar-refractivity contribution in [2.24, 2.45) is 4.99 Å². The van der Waals surface area contributed by atoms with Gasteiger partial charge in [0.2, 0.25) is 0 Å². The van der Waals surface area contributed by atoms with Crippen LogP contribution in [0.5, 0.6) is 0 Å². The fourth-order valence-electron chi connectivity index (χ4n) is 1.99. The van der Waals surface area contributed by atoms with Gasteiger partial charge in [-0.15, -0.1) is 0 Å². The Morgan fingerprint density at radius 2 is 1.61 bits per heavy atom. The number of nitrogens with zero attached hydrogens (tertiary/aromatic N) is 2. The summed E-state index contributed by atoms with van der Waals surface area (Å²) in [6.45, 7) is 10.8. The van der Waals surface area contributed by atoms with Gasteiger partial charge in [-0.05, 0) is 53.4 Å². The molecule has 0 unspecified atom stereocenters. The van der Waals surface area contributed by atoms with Crippen LogP contribution in [0.1, 0.15) is 47.1 Å². The maximum absolute atomic E-state index is 12.7. The van der Waals surface area contributed by atoms with Gasteiger partial charge in [0.25, 0.3) is 0 Å². The third-order valence-electron chi connectivity index (χ3n) is 3.01. The number of carbonyl (C=O) groups excluding carboxylic acids is 2. The third kappa shape index (κ3) is 9.60. The Kier molecular flexibility index (Phi) is 8.75. The number of hydrogen-bond acceptors (Lipinski definition) is 5. The van der Waals surface area contributed by atoms with Gasteiger partial charge in [0.05, 0.1) is 0 Å². The van der Waals surface area contributed by atoms with E-state index < -0.39 is 23.4 Å². The minimum Gasteiger partial charge on any atom is -0.443 e. The molecule has 0 saturated heterocycles. The van der Waals surface area contributed by atoms with E-state index in [1.807, 2.05) is 42.5 Å². The minimum atomic E-state index is -0.752. The highest BCUT2D eigenvalue weighted by atomic mass is 32.2. The maximum Gasteiger partial charge on any atom is 0.436 e. The molecule has 0 fully saturated rings. The number of rotatable bonds is 3. The Morgan fingerprint density at radius 3 is 2.11 bits per heavy atom. The molecule has 0 saturated carbocycles. The first-order valence-electron chi connectivity index (χ1n) is 8.99. The van der Waals surface area contributed by atoms with E-state index in [0.717, 1.165) is 5.56 Å². The second-order valence-electron chi connectivity index (χ2n) is 7.98. The molecule has 1 rings (SSSR count). The Balaban J connectivity index is 3.07. The quantitative estimate of drug-likeness (QED) is 0.483. The molecule has 7 heteroatoms. The molecule has 0 radical (unpaired) electrons. The molecule has 0 aliphatic rings. The Hall–Kier alpha value is -2.28. The van der Waals surface area contributed by atoms with Crippen LogP contribution in [0.2, 0.25) is 0 Å². The molecule has 0 N–H and O–H groups in total. The Morgan fingerprint density at radius 1 is 1.04 bits per heavy atom. The maximum atomic E-state index is 12.7. The number of amides is 2. The standard InChI is InChI=1S/C21H30N2O4S/c1-20(2,3)26-18(24)22-17(28-7)23(19(25)27-21(4,5)6)15-11-14-16-12-9-8-10-13-16/h8-14H,15H2,1-7H3/b14-11+,22-17+. The van der Waals surface area contributed by atoms with Crippen LogP contribution < -0.4 is 0 Å². The van der Waals surface area contributed by atoms with Gasteiger partial charge in [-0.1, -0.05) is 54.2 Å². The first-order valence-corrected chi connectivity index (χ1v) is 10.2. The van der Waals surface area contributed by atoms with Crippen LogP contribution in [0.25, 0.3) is 6.08 Å². The lowest BCUT2D eigenvalue weighted by Crippen LogP contribution is -2.40. The van der Waals surface area contributed by atoms with E-state index >= 15 is 0 Å². The molecule has 0 atom stereocenters. The van der Waals surface area contributed by atoms with Crippen LogP contribution in [0, 0.1) is 0 Å². The normalized spacial score (nSPS) is 12.8. The molecular formula is C21H30N2O4S. The minimum absolute atomic E-state index is 0.201. The summed E-state index contributed by atoms with van der Waals surface area (Å²) in [6, 6.07) is 9.71. The van der Waals surface area contributed by atoms with Gasteiger partial charge in [-0.2, -0.15) is 4.99 Å². The van der Waals surface area contributed by atoms with Crippen molar-refractivity contribution in [1.82, 2.24) is 4.90 Å². The van der Waals surface area contributed by atoms with Gasteiger partial charge in [0, 0.05) is 6.54 Å². The summed E-state index contributed by atoms with van der Waals surface area (Å²) in [5.74, 6) is 0. The van der Waals surface area contributed by atoms with Crippen molar-refractivity contribution in [1.29, 1.82) is 0 Å². The van der Waals surface area contributed by atoms with Crippen LogP contribution in [0.3, 0.4) is 0 Å². The van der Waals surface area contributed by atoms with E-state index in [1.54, 1.807) is 47.8 Å². The summed E-state index contributed by atoms with van der Waals surface area (Å²) in [4.78, 5) is 30.1. The molecule has 6 nitrogen and oxygen atoms in total. The highest BCUT2D eigenvalue weighted by molar-refractivity contribution is 8.13. The van der Waals surface area contributed by atoms with Gasteiger partial charge < -0.3 is 9.47 Å². The topological polar surface area (TPSA) is 68.2 Å². The lowest BCUT2D eigenvalue weighted by atomic mass is 10.2. The first-order chi connectivity index (χ1) is 12.9. The molecule has 28 heavy (non-hydrogen) atoms. The number of hydrogen-bond donors (Lipinski definition) is 0. The van der Waals surface area contributed by atoms with Crippen LogP contribution in [-0.2, 0) is 9.47 Å². The highest BCUT2D eigenvalue weighted by Gasteiger charge is 2.26. The molecule has 0 aromatic heterocycles. The number of amidine groups is 1. The van der Waals surface area contributed by atoms with Crippen LogP contribution in [0.4, 0.5) is 9.59 Å². The van der Waals surface area contributed by atoms with E-state index in [4.69, 9.17) is 9.47 Å². The number of carbonyl (C=O) groups is 2. The summed E-state index contributed by atoms with van der Waals surface area (Å²) < 4.78 is 10.7. The monoisotopic (exact) mass is 406 g/mol. The zero-order valence-corrected chi connectivity index (χ0v) is 18.5. The van der Waals surface area contributed by atoms with Crippen molar-refractivity contribution in [2.45, 2.75) is 52.7 Å². The lowest BCUT2D eigenvalue weighted by Gasteiger charge is -2.27. The van der Waals surface area contributed by atoms with Gasteiger partial charge in [-0.3, -0.25) is 4.90 Å². The van der Waals surface area contributed by atoms with E-state index in [9.17, 15) is 9.59 Å². The largest absolute Gasteiger partial charge is 0.443 e. The predicted molar refractivity (Wildman–Crippen MR) is 116 cm³/mol. The zero-order chi connectivity index (χ0) is 21.4. The number of ether oxygens (including phenoxy) is 2. The Bertz CT molecular complexity index is 716. The fraction of sp³-hybridized carbons (Fsp3) is 0.476. The number of aliphatic imine (C=N–C) groups is 1. The smallest absolute Gasteiger partial charge is 0.436 e. The third-order valence-corrected chi connectivity index (χ3v) is 3.68. The van der Waals surface area contributed by atoms with E-state index in [0.29, 0.717) is 0 Å². The summed E-state index contributed by atoms with van der Waals surface area (Å²) in [5.41, 5.74) is -0.344. The van der Waals surface area contributed by atoms with Crippen molar-refractivity contribution in [3.05, 3.63) is 42.0 Å². The number of benzene rings is 1. The molecule has 0 bridgehead atoms. The van der Waals surface area contributed by atoms with E-state index in [1.165, 1.54) is 16.7 Å². The van der Waals surface area contributed by atoms with Gasteiger partial charge in [0.15, 0.2) is 5.17 Å². The molecule has 1 aromatic rings. The van der Waals surface area contributed by atoms with E-state index in [2.05, 4.69) is 4.99 Å². The summed E-state index contributed by atoms with van der Waals surface area (Å²) >= 11 is 1.17. The molecule has 0 aliphatic heterocycles. The zero-order valence-electron chi connectivity index (χ0n) is 17.7. The number of thioether (sulfide) groups is 1. The second kappa shape index (κ2) is 10.3. The van der Waals surface area contributed by atoms with Crippen LogP contribution >= 0.6 is 11.8 Å². The molecule has 1 aromatic carbocycles. The molecule has 0 aliphatic carbocycles. The summed E-state index contributed by atoms with van der Waals surface area (Å²) in [7, 11) is 0. The molecule has 0 spiro atoms. The van der Waals surface area contributed by atoms with E-state index in [-0.39, 0.29) is 11.7 Å². The van der Waals surface area contributed by atoms with Crippen molar-refractivity contribution in [3.63, 3.8) is 0 Å². The lowest BCUT2D eigenvalue weighted by molar-refractivity contribution is 0.0388. The van der Waals surface area contributed by atoms with Crippen molar-refractivity contribution >= 4 is 35.2 Å². The first kappa shape index (κ1) is 23.8. The average molecular weight is 407 g/mol. The predicted octanol–water partition coefficient (Wildman–Crippen LogP) is 5.59.